The van der Waals surface area contributed by atoms with Crippen LogP contribution in [0.15, 0.2) is 29.2 Å². The SMILES string of the molecule is CCNS(=O)(=O)c1ccccc1NCC1COCCN1. The van der Waals surface area contributed by atoms with Crippen molar-refractivity contribution in [2.45, 2.75) is 17.9 Å². The molecule has 0 aromatic heterocycles. The molecule has 1 aromatic rings. The molecule has 7 heteroatoms. The highest BCUT2D eigenvalue weighted by Gasteiger charge is 2.18. The van der Waals surface area contributed by atoms with Crippen molar-refractivity contribution in [3.8, 4) is 0 Å². The molecular weight excluding hydrogens is 278 g/mol. The monoisotopic (exact) mass is 299 g/mol. The molecule has 0 saturated carbocycles. The molecule has 0 radical (unpaired) electrons. The van der Waals surface area contributed by atoms with Gasteiger partial charge in [0.2, 0.25) is 10.0 Å². The highest BCUT2D eigenvalue weighted by atomic mass is 32.2. The van der Waals surface area contributed by atoms with E-state index in [1.807, 2.05) is 6.07 Å². The maximum absolute atomic E-state index is 12.1. The van der Waals surface area contributed by atoms with E-state index in [4.69, 9.17) is 4.74 Å². The minimum absolute atomic E-state index is 0.193. The number of sulfonamides is 1. The van der Waals surface area contributed by atoms with Crippen LogP contribution in [-0.2, 0) is 14.8 Å². The largest absolute Gasteiger partial charge is 0.382 e. The number of hydrogen-bond donors (Lipinski definition) is 3. The average molecular weight is 299 g/mol. The topological polar surface area (TPSA) is 79.5 Å². The fraction of sp³-hybridized carbons (Fsp3) is 0.538. The van der Waals surface area contributed by atoms with E-state index in [0.29, 0.717) is 25.4 Å². The van der Waals surface area contributed by atoms with Gasteiger partial charge in [-0.05, 0) is 12.1 Å². The summed E-state index contributed by atoms with van der Waals surface area (Å²) in [5.74, 6) is 0. The van der Waals surface area contributed by atoms with Gasteiger partial charge in [0.25, 0.3) is 0 Å². The molecule has 1 aromatic carbocycles. The van der Waals surface area contributed by atoms with E-state index in [1.165, 1.54) is 0 Å². The summed E-state index contributed by atoms with van der Waals surface area (Å²) in [7, 11) is -3.46. The lowest BCUT2D eigenvalue weighted by Gasteiger charge is -2.24. The minimum Gasteiger partial charge on any atom is -0.382 e. The molecule has 1 heterocycles. The van der Waals surface area contributed by atoms with Crippen molar-refractivity contribution < 1.29 is 13.2 Å². The molecule has 1 atom stereocenters. The maximum Gasteiger partial charge on any atom is 0.242 e. The van der Waals surface area contributed by atoms with Crippen LogP contribution in [0.2, 0.25) is 0 Å². The lowest BCUT2D eigenvalue weighted by molar-refractivity contribution is 0.0806. The Bertz CT molecular complexity index is 527. The van der Waals surface area contributed by atoms with Gasteiger partial charge in [0.1, 0.15) is 4.90 Å². The van der Waals surface area contributed by atoms with Gasteiger partial charge >= 0.3 is 0 Å². The standard InChI is InChI=1S/C13H21N3O3S/c1-2-16-20(17,18)13-6-4-3-5-12(13)15-9-11-10-19-8-7-14-11/h3-6,11,14-16H,2,7-10H2,1H3. The highest BCUT2D eigenvalue weighted by molar-refractivity contribution is 7.89. The second-order valence-electron chi connectivity index (χ2n) is 4.60. The predicted molar refractivity (Wildman–Crippen MR) is 78.4 cm³/mol. The fourth-order valence-electron chi connectivity index (χ4n) is 2.10. The molecule has 1 aliphatic rings. The van der Waals surface area contributed by atoms with Gasteiger partial charge in [-0.3, -0.25) is 0 Å². The fourth-order valence-corrected chi connectivity index (χ4v) is 3.32. The molecule has 0 amide bonds. The second-order valence-corrected chi connectivity index (χ2v) is 6.34. The molecule has 0 aliphatic carbocycles. The Morgan fingerprint density at radius 2 is 2.20 bits per heavy atom. The molecule has 1 aliphatic heterocycles. The predicted octanol–water partition coefficient (Wildman–Crippen LogP) is 0.385. The maximum atomic E-state index is 12.1. The van der Waals surface area contributed by atoms with E-state index < -0.39 is 10.0 Å². The van der Waals surface area contributed by atoms with Gasteiger partial charge in [-0.25, -0.2) is 13.1 Å². The van der Waals surface area contributed by atoms with Gasteiger partial charge in [-0.15, -0.1) is 0 Å². The van der Waals surface area contributed by atoms with Gasteiger partial charge in [0.15, 0.2) is 0 Å². The molecule has 20 heavy (non-hydrogen) atoms. The summed E-state index contributed by atoms with van der Waals surface area (Å²) in [6, 6.07) is 7.10. The second kappa shape index (κ2) is 7.03. The van der Waals surface area contributed by atoms with E-state index in [0.717, 1.165) is 13.2 Å². The lowest BCUT2D eigenvalue weighted by Crippen LogP contribution is -2.45. The smallest absolute Gasteiger partial charge is 0.242 e. The molecule has 2 rings (SSSR count). The Hall–Kier alpha value is -1.15. The van der Waals surface area contributed by atoms with Gasteiger partial charge in [0, 0.05) is 25.7 Å². The highest BCUT2D eigenvalue weighted by Crippen LogP contribution is 2.20. The van der Waals surface area contributed by atoms with Crippen LogP contribution in [0.5, 0.6) is 0 Å². The Morgan fingerprint density at radius 1 is 1.40 bits per heavy atom. The van der Waals surface area contributed by atoms with Gasteiger partial charge in [-0.2, -0.15) is 0 Å². The normalized spacial score (nSPS) is 19.8. The number of hydrogen-bond acceptors (Lipinski definition) is 5. The molecule has 0 bridgehead atoms. The molecule has 0 spiro atoms. The van der Waals surface area contributed by atoms with Crippen LogP contribution in [0, 0.1) is 0 Å². The van der Waals surface area contributed by atoms with Crippen LogP contribution in [0.1, 0.15) is 6.92 Å². The summed E-state index contributed by atoms with van der Waals surface area (Å²) in [6.45, 7) is 4.94. The van der Waals surface area contributed by atoms with Crippen molar-refractivity contribution in [2.24, 2.45) is 0 Å². The number of ether oxygens (including phenoxy) is 1. The van der Waals surface area contributed by atoms with E-state index in [1.54, 1.807) is 25.1 Å². The Kier molecular flexibility index (Phi) is 5.36. The quantitative estimate of drug-likeness (QED) is 0.708. The molecule has 6 nitrogen and oxygen atoms in total. The van der Waals surface area contributed by atoms with Gasteiger partial charge in [-0.1, -0.05) is 19.1 Å². The first-order chi connectivity index (χ1) is 9.63. The first kappa shape index (κ1) is 15.2. The van der Waals surface area contributed by atoms with Gasteiger partial charge in [0.05, 0.1) is 18.9 Å². The average Bonchev–Trinajstić information content (AvgIpc) is 2.46. The van der Waals surface area contributed by atoms with E-state index in [-0.39, 0.29) is 10.9 Å². The van der Waals surface area contributed by atoms with Crippen molar-refractivity contribution >= 4 is 15.7 Å². The van der Waals surface area contributed by atoms with E-state index in [2.05, 4.69) is 15.4 Å². The number of rotatable bonds is 6. The van der Waals surface area contributed by atoms with E-state index in [9.17, 15) is 8.42 Å². The van der Waals surface area contributed by atoms with Crippen LogP contribution in [0.3, 0.4) is 0 Å². The zero-order valence-electron chi connectivity index (χ0n) is 11.6. The number of benzene rings is 1. The number of anilines is 1. The van der Waals surface area contributed by atoms with Crippen molar-refractivity contribution in [2.75, 3.05) is 38.2 Å². The summed E-state index contributed by atoms with van der Waals surface area (Å²) in [5.41, 5.74) is 0.612. The number of para-hydroxylation sites is 1. The van der Waals surface area contributed by atoms with Crippen molar-refractivity contribution in [3.05, 3.63) is 24.3 Å². The van der Waals surface area contributed by atoms with Crippen LogP contribution in [-0.4, -0.2) is 47.3 Å². The molecule has 3 N–H and O–H groups in total. The summed E-state index contributed by atoms with van der Waals surface area (Å²) in [4.78, 5) is 0.276. The summed E-state index contributed by atoms with van der Waals surface area (Å²) >= 11 is 0. The molecule has 1 unspecified atom stereocenters. The molecule has 1 fully saturated rings. The Morgan fingerprint density at radius 3 is 2.90 bits per heavy atom. The number of morpholine rings is 1. The third kappa shape index (κ3) is 3.92. The molecular formula is C13H21N3O3S. The van der Waals surface area contributed by atoms with Gasteiger partial charge < -0.3 is 15.4 Å². The van der Waals surface area contributed by atoms with Crippen LogP contribution < -0.4 is 15.4 Å². The lowest BCUT2D eigenvalue weighted by atomic mass is 10.2. The van der Waals surface area contributed by atoms with Crippen LogP contribution >= 0.6 is 0 Å². The summed E-state index contributed by atoms with van der Waals surface area (Å²) < 4.78 is 32.1. The molecule has 112 valence electrons. The first-order valence-electron chi connectivity index (χ1n) is 6.77. The van der Waals surface area contributed by atoms with Crippen molar-refractivity contribution in [3.63, 3.8) is 0 Å². The third-order valence-electron chi connectivity index (χ3n) is 3.05. The third-order valence-corrected chi connectivity index (χ3v) is 4.65. The van der Waals surface area contributed by atoms with E-state index >= 15 is 0 Å². The molecule has 1 saturated heterocycles. The van der Waals surface area contributed by atoms with Crippen LogP contribution in [0.25, 0.3) is 0 Å². The van der Waals surface area contributed by atoms with Crippen molar-refractivity contribution in [1.29, 1.82) is 0 Å². The zero-order chi connectivity index (χ0) is 14.4. The first-order valence-corrected chi connectivity index (χ1v) is 8.25. The van der Waals surface area contributed by atoms with Crippen LogP contribution in [0.4, 0.5) is 5.69 Å². The Balaban J connectivity index is 2.07. The summed E-state index contributed by atoms with van der Waals surface area (Å²) in [6.07, 6.45) is 0. The Labute approximate surface area is 120 Å². The number of nitrogens with one attached hydrogen (secondary N) is 3. The summed E-state index contributed by atoms with van der Waals surface area (Å²) in [5, 5.41) is 6.51. The minimum atomic E-state index is -3.46. The van der Waals surface area contributed by atoms with Crippen molar-refractivity contribution in [1.82, 2.24) is 10.0 Å². The zero-order valence-corrected chi connectivity index (χ0v) is 12.4.